The van der Waals surface area contributed by atoms with Crippen molar-refractivity contribution in [3.05, 3.63) is 28.4 Å². The fourth-order valence-electron chi connectivity index (χ4n) is 1.89. The molecule has 96 valence electrons. The molecule has 1 aromatic carbocycles. The molecule has 0 aliphatic rings. The Kier molecular flexibility index (Phi) is 4.01. The molecule has 0 saturated carbocycles. The smallest absolute Gasteiger partial charge is 0.356 e. The van der Waals surface area contributed by atoms with Crippen LogP contribution < -0.4 is 0 Å². The van der Waals surface area contributed by atoms with Crippen LogP contribution in [0.15, 0.2) is 22.7 Å². The zero-order valence-electron chi connectivity index (χ0n) is 10.4. The van der Waals surface area contributed by atoms with E-state index in [4.69, 9.17) is 4.74 Å². The topological polar surface area (TPSA) is 44.1 Å². The van der Waals surface area contributed by atoms with Gasteiger partial charge in [0.25, 0.3) is 0 Å². The number of rotatable bonds is 4. The zero-order valence-corrected chi connectivity index (χ0v) is 12.0. The summed E-state index contributed by atoms with van der Waals surface area (Å²) in [5.74, 6) is -0.341. The number of hydrogen-bond donors (Lipinski definition) is 0. The molecule has 18 heavy (non-hydrogen) atoms. The molecule has 1 aromatic heterocycles. The first-order valence-electron chi connectivity index (χ1n) is 5.91. The maximum atomic E-state index is 11.9. The first kappa shape index (κ1) is 13.1. The largest absolute Gasteiger partial charge is 0.464 e. The highest BCUT2D eigenvalue weighted by molar-refractivity contribution is 9.10. The monoisotopic (exact) mass is 310 g/mol. The molecule has 4 nitrogen and oxygen atoms in total. The van der Waals surface area contributed by atoms with Gasteiger partial charge in [-0.25, -0.2) is 4.79 Å². The Morgan fingerprint density at radius 3 is 2.94 bits per heavy atom. The van der Waals surface area contributed by atoms with Crippen LogP contribution in [0.2, 0.25) is 0 Å². The van der Waals surface area contributed by atoms with Gasteiger partial charge in [-0.05, 0) is 24.6 Å². The molecule has 0 atom stereocenters. The number of hydrogen-bond acceptors (Lipinski definition) is 3. The first-order valence-corrected chi connectivity index (χ1v) is 6.71. The van der Waals surface area contributed by atoms with Crippen molar-refractivity contribution in [2.24, 2.45) is 0 Å². The number of ether oxygens (including phenoxy) is 1. The Balaban J connectivity index is 2.57. The van der Waals surface area contributed by atoms with Crippen molar-refractivity contribution in [1.82, 2.24) is 9.78 Å². The third-order valence-electron chi connectivity index (χ3n) is 2.80. The molecule has 0 aliphatic carbocycles. The van der Waals surface area contributed by atoms with Crippen molar-refractivity contribution in [2.75, 3.05) is 7.11 Å². The van der Waals surface area contributed by atoms with E-state index in [0.29, 0.717) is 5.69 Å². The Hall–Kier alpha value is -1.36. The van der Waals surface area contributed by atoms with E-state index in [1.54, 1.807) is 4.68 Å². The predicted molar refractivity (Wildman–Crippen MR) is 73.7 cm³/mol. The van der Waals surface area contributed by atoms with Crippen molar-refractivity contribution < 1.29 is 9.53 Å². The molecule has 0 fully saturated rings. The number of unbranched alkanes of at least 4 members (excludes halogenated alkanes) is 1. The van der Waals surface area contributed by atoms with Crippen molar-refractivity contribution in [2.45, 2.75) is 26.3 Å². The lowest BCUT2D eigenvalue weighted by Crippen LogP contribution is -2.12. The molecule has 0 unspecified atom stereocenters. The number of esters is 1. The minimum absolute atomic E-state index is 0.341. The number of nitrogens with zero attached hydrogens (tertiary/aromatic N) is 2. The van der Waals surface area contributed by atoms with Gasteiger partial charge in [0.2, 0.25) is 0 Å². The molecule has 0 saturated heterocycles. The third kappa shape index (κ3) is 2.41. The van der Waals surface area contributed by atoms with Crippen LogP contribution in [0.5, 0.6) is 0 Å². The number of aryl methyl sites for hydroxylation is 1. The molecule has 2 rings (SSSR count). The van der Waals surface area contributed by atoms with E-state index >= 15 is 0 Å². The molecule has 0 aliphatic heterocycles. The Morgan fingerprint density at radius 1 is 1.50 bits per heavy atom. The fourth-order valence-corrected chi connectivity index (χ4v) is 2.25. The highest BCUT2D eigenvalue weighted by atomic mass is 79.9. The second-order valence-corrected chi connectivity index (χ2v) is 4.99. The third-order valence-corrected chi connectivity index (χ3v) is 3.30. The van der Waals surface area contributed by atoms with Crippen molar-refractivity contribution in [3.8, 4) is 0 Å². The zero-order chi connectivity index (χ0) is 13.1. The highest BCUT2D eigenvalue weighted by Crippen LogP contribution is 2.23. The summed E-state index contributed by atoms with van der Waals surface area (Å²) >= 11 is 3.41. The van der Waals surface area contributed by atoms with Crippen LogP contribution in [0, 0.1) is 0 Å². The van der Waals surface area contributed by atoms with Gasteiger partial charge in [0.05, 0.1) is 12.6 Å². The van der Waals surface area contributed by atoms with Gasteiger partial charge in [0.1, 0.15) is 0 Å². The summed E-state index contributed by atoms with van der Waals surface area (Å²) in [6.45, 7) is 2.84. The van der Waals surface area contributed by atoms with Gasteiger partial charge in [-0.3, -0.25) is 4.68 Å². The van der Waals surface area contributed by atoms with E-state index in [0.717, 1.165) is 34.8 Å². The standard InChI is InChI=1S/C13H15BrN2O2/c1-3-4-7-16-12(13(17)18-2)10-8-9(14)5-6-11(10)15-16/h5-6,8H,3-4,7H2,1-2H3. The van der Waals surface area contributed by atoms with Gasteiger partial charge < -0.3 is 4.74 Å². The molecule has 0 radical (unpaired) electrons. The second-order valence-electron chi connectivity index (χ2n) is 4.08. The molecule has 0 bridgehead atoms. The Morgan fingerprint density at radius 2 is 2.28 bits per heavy atom. The minimum Gasteiger partial charge on any atom is -0.464 e. The predicted octanol–water partition coefficient (Wildman–Crippen LogP) is 3.39. The van der Waals surface area contributed by atoms with Crippen LogP contribution in [-0.2, 0) is 11.3 Å². The van der Waals surface area contributed by atoms with Crippen LogP contribution in [0.25, 0.3) is 10.9 Å². The summed E-state index contributed by atoms with van der Waals surface area (Å²) in [6.07, 6.45) is 2.04. The first-order chi connectivity index (χ1) is 8.67. The lowest BCUT2D eigenvalue weighted by Gasteiger charge is -2.04. The van der Waals surface area contributed by atoms with Gasteiger partial charge in [-0.15, -0.1) is 0 Å². The van der Waals surface area contributed by atoms with E-state index in [-0.39, 0.29) is 5.97 Å². The minimum atomic E-state index is -0.341. The maximum absolute atomic E-state index is 11.9. The van der Waals surface area contributed by atoms with E-state index in [2.05, 4.69) is 28.0 Å². The van der Waals surface area contributed by atoms with Crippen LogP contribution in [0.3, 0.4) is 0 Å². The molecular weight excluding hydrogens is 296 g/mol. The lowest BCUT2D eigenvalue weighted by molar-refractivity contribution is 0.0588. The van der Waals surface area contributed by atoms with Crippen LogP contribution in [-0.4, -0.2) is 22.9 Å². The van der Waals surface area contributed by atoms with Gasteiger partial charge >= 0.3 is 5.97 Å². The molecule has 2 aromatic rings. The van der Waals surface area contributed by atoms with E-state index in [1.807, 2.05) is 18.2 Å². The number of fused-ring (bicyclic) bond motifs is 1. The molecule has 0 N–H and O–H groups in total. The van der Waals surface area contributed by atoms with Gasteiger partial charge in [0, 0.05) is 16.4 Å². The summed E-state index contributed by atoms with van der Waals surface area (Å²) in [5.41, 5.74) is 1.34. The molecule has 0 spiro atoms. The fraction of sp³-hybridized carbons (Fsp3) is 0.385. The van der Waals surface area contributed by atoms with Crippen LogP contribution in [0.4, 0.5) is 0 Å². The average molecular weight is 311 g/mol. The van der Waals surface area contributed by atoms with Gasteiger partial charge in [-0.1, -0.05) is 29.3 Å². The Bertz CT molecular complexity index is 578. The molecule has 5 heteroatoms. The maximum Gasteiger partial charge on any atom is 0.356 e. The van der Waals surface area contributed by atoms with E-state index < -0.39 is 0 Å². The van der Waals surface area contributed by atoms with Gasteiger partial charge in [0.15, 0.2) is 5.69 Å². The molecule has 1 heterocycles. The number of aromatic nitrogens is 2. The number of benzene rings is 1. The normalized spacial score (nSPS) is 10.8. The highest BCUT2D eigenvalue weighted by Gasteiger charge is 2.18. The SMILES string of the molecule is CCCCn1nc2ccc(Br)cc2c1C(=O)OC. The molecular formula is C13H15BrN2O2. The summed E-state index contributed by atoms with van der Waals surface area (Å²) in [6, 6.07) is 5.71. The second kappa shape index (κ2) is 5.52. The molecule has 0 amide bonds. The van der Waals surface area contributed by atoms with Crippen molar-refractivity contribution in [3.63, 3.8) is 0 Å². The summed E-state index contributed by atoms with van der Waals surface area (Å²) in [4.78, 5) is 11.9. The van der Waals surface area contributed by atoms with E-state index in [9.17, 15) is 4.79 Å². The number of halogens is 1. The lowest BCUT2D eigenvalue weighted by atomic mass is 10.2. The van der Waals surface area contributed by atoms with Crippen LogP contribution >= 0.6 is 15.9 Å². The Labute approximate surface area is 114 Å². The van der Waals surface area contributed by atoms with E-state index in [1.165, 1.54) is 7.11 Å². The summed E-state index contributed by atoms with van der Waals surface area (Å²) in [5, 5.41) is 5.28. The average Bonchev–Trinajstić information content (AvgIpc) is 2.73. The quantitative estimate of drug-likeness (QED) is 0.813. The number of carbonyl (C=O) groups excluding carboxylic acids is 1. The number of carbonyl (C=O) groups is 1. The van der Waals surface area contributed by atoms with Crippen LogP contribution in [0.1, 0.15) is 30.3 Å². The van der Waals surface area contributed by atoms with Gasteiger partial charge in [-0.2, -0.15) is 5.10 Å². The van der Waals surface area contributed by atoms with Crippen molar-refractivity contribution >= 4 is 32.8 Å². The van der Waals surface area contributed by atoms with Crippen molar-refractivity contribution in [1.29, 1.82) is 0 Å². The summed E-state index contributed by atoms with van der Waals surface area (Å²) < 4.78 is 7.52. The summed E-state index contributed by atoms with van der Waals surface area (Å²) in [7, 11) is 1.39. The number of methoxy groups -OCH3 is 1.